The van der Waals surface area contributed by atoms with E-state index in [1.54, 1.807) is 0 Å². The molecule has 4 heteroatoms. The van der Waals surface area contributed by atoms with Crippen molar-refractivity contribution in [3.05, 3.63) is 188 Å². The van der Waals surface area contributed by atoms with Crippen LogP contribution in [-0.2, 0) is 4.57 Å². The molecule has 236 valence electrons. The second-order valence-corrected chi connectivity index (χ2v) is 15.6. The molecule has 9 aromatic rings. The van der Waals surface area contributed by atoms with Crippen molar-refractivity contribution in [1.82, 2.24) is 4.57 Å². The minimum atomic E-state index is -3.17. The van der Waals surface area contributed by atoms with Gasteiger partial charge < -0.3 is 14.0 Å². The molecule has 8 aromatic carbocycles. The van der Waals surface area contributed by atoms with E-state index in [9.17, 15) is 0 Å². The molecule has 1 aliphatic rings. The van der Waals surface area contributed by atoms with Gasteiger partial charge in [-0.3, -0.25) is 0 Å². The van der Waals surface area contributed by atoms with Crippen molar-refractivity contribution in [2.45, 2.75) is 0 Å². The first kappa shape index (κ1) is 28.8. The quantitative estimate of drug-likeness (QED) is 0.172. The van der Waals surface area contributed by atoms with E-state index in [0.717, 1.165) is 77.0 Å². The zero-order chi connectivity index (χ0) is 33.2. The summed E-state index contributed by atoms with van der Waals surface area (Å²) in [4.78, 5) is 2.28. The largest absolute Gasteiger partial charge is 0.311 e. The van der Waals surface area contributed by atoms with Gasteiger partial charge in [0.2, 0.25) is 0 Å². The van der Waals surface area contributed by atoms with Crippen LogP contribution in [0, 0.1) is 0 Å². The van der Waals surface area contributed by atoms with Crippen LogP contribution in [0.25, 0.3) is 49.4 Å². The molecule has 10 rings (SSSR count). The fraction of sp³-hybridized carbons (Fsp3) is 0. The van der Waals surface area contributed by atoms with Gasteiger partial charge >= 0.3 is 0 Å². The number of fused-ring (bicyclic) bond motifs is 7. The van der Waals surface area contributed by atoms with Gasteiger partial charge in [-0.15, -0.1) is 0 Å². The second-order valence-electron chi connectivity index (χ2n) is 12.9. The minimum Gasteiger partial charge on any atom is -0.311 e. The zero-order valence-corrected chi connectivity index (χ0v) is 28.0. The molecule has 0 bridgehead atoms. The highest BCUT2D eigenvalue weighted by molar-refractivity contribution is 7.86. The van der Waals surface area contributed by atoms with Crippen LogP contribution in [0.1, 0.15) is 0 Å². The van der Waals surface area contributed by atoms with Crippen LogP contribution < -0.4 is 20.8 Å². The third-order valence-corrected chi connectivity index (χ3v) is 13.3. The lowest BCUT2D eigenvalue weighted by Gasteiger charge is -2.25. The molecule has 0 aliphatic carbocycles. The molecule has 50 heavy (non-hydrogen) atoms. The third-order valence-electron chi connectivity index (χ3n) is 10.1. The summed E-state index contributed by atoms with van der Waals surface area (Å²) in [5, 5.41) is 7.28. The molecular weight excluding hydrogens is 627 g/mol. The smallest absolute Gasteiger partial charge is 0.172 e. The van der Waals surface area contributed by atoms with E-state index < -0.39 is 7.14 Å². The third kappa shape index (κ3) is 4.27. The summed E-state index contributed by atoms with van der Waals surface area (Å²) in [5.41, 5.74) is 8.62. The van der Waals surface area contributed by atoms with Crippen LogP contribution >= 0.6 is 7.14 Å². The summed E-state index contributed by atoms with van der Waals surface area (Å²) in [5.74, 6) is 0. The van der Waals surface area contributed by atoms with Crippen LogP contribution in [0.4, 0.5) is 17.1 Å². The van der Waals surface area contributed by atoms with E-state index in [1.807, 2.05) is 42.5 Å². The van der Waals surface area contributed by atoms with Crippen LogP contribution in [0.5, 0.6) is 0 Å². The van der Waals surface area contributed by atoms with Crippen molar-refractivity contribution in [2.24, 2.45) is 0 Å². The van der Waals surface area contributed by atoms with Crippen LogP contribution in [0.15, 0.2) is 188 Å². The zero-order valence-electron chi connectivity index (χ0n) is 27.1. The van der Waals surface area contributed by atoms with Gasteiger partial charge in [-0.2, -0.15) is 0 Å². The van der Waals surface area contributed by atoms with Crippen molar-refractivity contribution in [3.8, 4) is 16.8 Å². The Morgan fingerprint density at radius 3 is 1.62 bits per heavy atom. The Labute approximate surface area is 290 Å². The van der Waals surface area contributed by atoms with E-state index in [2.05, 4.69) is 155 Å². The molecular formula is C46H31N2OP. The number of benzene rings is 8. The second kappa shape index (κ2) is 11.2. The van der Waals surface area contributed by atoms with Crippen LogP contribution in [0.3, 0.4) is 0 Å². The molecule has 1 aliphatic heterocycles. The van der Waals surface area contributed by atoms with E-state index in [4.69, 9.17) is 0 Å². The number of rotatable bonds is 5. The maximum Gasteiger partial charge on any atom is 0.172 e. The predicted octanol–water partition coefficient (Wildman–Crippen LogP) is 11.0. The minimum absolute atomic E-state index is 0.864. The van der Waals surface area contributed by atoms with Gasteiger partial charge in [0, 0.05) is 49.4 Å². The Balaban J connectivity index is 1.20. The van der Waals surface area contributed by atoms with E-state index in [1.165, 1.54) is 5.39 Å². The summed E-state index contributed by atoms with van der Waals surface area (Å²) in [6, 6.07) is 65.7. The Kier molecular flexibility index (Phi) is 6.46. The Morgan fingerprint density at radius 1 is 0.420 bits per heavy atom. The molecule has 1 unspecified atom stereocenters. The lowest BCUT2D eigenvalue weighted by Crippen LogP contribution is -2.20. The number of hydrogen-bond acceptors (Lipinski definition) is 2. The summed E-state index contributed by atoms with van der Waals surface area (Å²) in [6.45, 7) is 0. The molecule has 1 aromatic heterocycles. The van der Waals surface area contributed by atoms with Gasteiger partial charge in [0.05, 0.1) is 11.0 Å². The van der Waals surface area contributed by atoms with Gasteiger partial charge in [-0.25, -0.2) is 0 Å². The van der Waals surface area contributed by atoms with E-state index >= 15 is 4.57 Å². The Morgan fingerprint density at radius 2 is 0.940 bits per heavy atom. The highest BCUT2D eigenvalue weighted by atomic mass is 31.2. The number of hydrogen-bond donors (Lipinski definition) is 0. The van der Waals surface area contributed by atoms with Crippen molar-refractivity contribution < 1.29 is 4.57 Å². The number of anilines is 3. The maximum absolute atomic E-state index is 15.8. The Hall–Kier alpha value is -6.15. The topological polar surface area (TPSA) is 25.2 Å². The molecule has 0 saturated carbocycles. The van der Waals surface area contributed by atoms with Crippen molar-refractivity contribution in [1.29, 1.82) is 0 Å². The molecule has 3 nitrogen and oxygen atoms in total. The standard InChI is InChI=1S/C46H31N2OP/c49-50(38-20-8-3-9-21-38)45-29-33-15-11-10-14-32(33)28-41(45)42-30-40-39-22-12-13-23-43(39)48(44(40)31-46(42)50)37-26-24-36(25-27-37)47(34-16-4-1-5-17-34)35-18-6-2-7-19-35/h1-31H. The van der Waals surface area contributed by atoms with E-state index in [-0.39, 0.29) is 0 Å². The average Bonchev–Trinajstić information content (AvgIpc) is 3.63. The van der Waals surface area contributed by atoms with E-state index in [0.29, 0.717) is 0 Å². The number of para-hydroxylation sites is 3. The number of aromatic nitrogens is 1. The molecule has 0 radical (unpaired) electrons. The molecule has 0 N–H and O–H groups in total. The van der Waals surface area contributed by atoms with Crippen LogP contribution in [-0.4, -0.2) is 4.57 Å². The highest BCUT2D eigenvalue weighted by Crippen LogP contribution is 2.54. The molecule has 0 saturated heterocycles. The maximum atomic E-state index is 15.8. The van der Waals surface area contributed by atoms with Crippen molar-refractivity contribution in [2.75, 3.05) is 4.90 Å². The SMILES string of the molecule is O=P1(c2ccccc2)c2cc3ccccc3cc2-c2cc3c4ccccc4n(-c4ccc(N(c5ccccc5)c5ccccc5)cc4)c3cc21. The summed E-state index contributed by atoms with van der Waals surface area (Å²) in [7, 11) is -3.17. The summed E-state index contributed by atoms with van der Waals surface area (Å²) < 4.78 is 18.1. The summed E-state index contributed by atoms with van der Waals surface area (Å²) in [6.07, 6.45) is 0. The fourth-order valence-corrected chi connectivity index (χ4v) is 10.9. The predicted molar refractivity (Wildman–Crippen MR) is 211 cm³/mol. The first-order valence-electron chi connectivity index (χ1n) is 17.0. The van der Waals surface area contributed by atoms with Crippen molar-refractivity contribution in [3.63, 3.8) is 0 Å². The number of nitrogens with zero attached hydrogens (tertiary/aromatic N) is 2. The lowest BCUT2D eigenvalue weighted by atomic mass is 9.99. The molecule has 2 heterocycles. The summed E-state index contributed by atoms with van der Waals surface area (Å²) >= 11 is 0. The fourth-order valence-electron chi connectivity index (χ4n) is 7.86. The van der Waals surface area contributed by atoms with Gasteiger partial charge in [0.15, 0.2) is 7.14 Å². The van der Waals surface area contributed by atoms with Gasteiger partial charge in [0.25, 0.3) is 0 Å². The first-order chi connectivity index (χ1) is 24.7. The molecule has 0 fully saturated rings. The molecule has 0 spiro atoms. The monoisotopic (exact) mass is 658 g/mol. The van der Waals surface area contributed by atoms with Crippen molar-refractivity contribution >= 4 is 72.7 Å². The highest BCUT2D eigenvalue weighted by Gasteiger charge is 2.41. The average molecular weight is 659 g/mol. The van der Waals surface area contributed by atoms with Gasteiger partial charge in [0.1, 0.15) is 0 Å². The Bertz CT molecular complexity index is 2730. The molecule has 1 atom stereocenters. The molecule has 0 amide bonds. The van der Waals surface area contributed by atoms with Gasteiger partial charge in [-0.1, -0.05) is 109 Å². The lowest BCUT2D eigenvalue weighted by molar-refractivity contribution is 0.593. The van der Waals surface area contributed by atoms with Gasteiger partial charge in [-0.05, 0) is 101 Å². The first-order valence-corrected chi connectivity index (χ1v) is 18.7. The normalized spacial score (nSPS) is 15.0. The van der Waals surface area contributed by atoms with Crippen LogP contribution in [0.2, 0.25) is 0 Å².